The Morgan fingerprint density at radius 2 is 1.72 bits per heavy atom. The minimum Gasteiger partial charge on any atom is -0.497 e. The Morgan fingerprint density at radius 3 is 2.28 bits per heavy atom. The second-order valence-corrected chi connectivity index (χ2v) is 8.77. The average Bonchev–Trinajstić information content (AvgIpc) is 2.74. The lowest BCUT2D eigenvalue weighted by Gasteiger charge is -2.27. The van der Waals surface area contributed by atoms with Crippen molar-refractivity contribution in [3.8, 4) is 5.75 Å². The maximum absolute atomic E-state index is 13.3. The molecule has 1 unspecified atom stereocenters. The highest BCUT2D eigenvalue weighted by molar-refractivity contribution is 6.42. The Balaban J connectivity index is 2.20. The molecule has 0 saturated carbocycles. The molecule has 1 N–H and O–H groups in total. The summed E-state index contributed by atoms with van der Waals surface area (Å²) in [5, 5.41) is 3.84. The van der Waals surface area contributed by atoms with Gasteiger partial charge in [0.05, 0.1) is 29.6 Å². The Bertz CT molecular complexity index is 904. The topological polar surface area (TPSA) is 61.9 Å². The fraction of sp³-hybridized carbons (Fsp3) is 0.417. The molecule has 0 spiro atoms. The number of ether oxygens (including phenoxy) is 1. The number of halogens is 2. The maximum Gasteiger partial charge on any atom is 0.225 e. The third-order valence-electron chi connectivity index (χ3n) is 5.02. The third-order valence-corrected chi connectivity index (χ3v) is 5.76. The van der Waals surface area contributed by atoms with Gasteiger partial charge in [0.1, 0.15) is 5.75 Å². The first kappa shape index (κ1) is 26.0. The Morgan fingerprint density at radius 1 is 1.03 bits per heavy atom. The van der Waals surface area contributed by atoms with Crippen molar-refractivity contribution in [2.24, 2.45) is 0 Å². The van der Waals surface area contributed by atoms with Gasteiger partial charge in [-0.05, 0) is 62.5 Å². The van der Waals surface area contributed by atoms with Crippen LogP contribution in [0.4, 0.5) is 0 Å². The summed E-state index contributed by atoms with van der Waals surface area (Å²) < 4.78 is 5.21. The van der Waals surface area contributed by atoms with Gasteiger partial charge in [-0.25, -0.2) is 0 Å². The predicted octanol–water partition coefficient (Wildman–Crippen LogP) is 4.55. The van der Waals surface area contributed by atoms with Crippen LogP contribution in [0, 0.1) is 0 Å². The quantitative estimate of drug-likeness (QED) is 0.513. The van der Waals surface area contributed by atoms with Gasteiger partial charge in [0, 0.05) is 20.0 Å². The summed E-state index contributed by atoms with van der Waals surface area (Å²) >= 11 is 12.2. The van der Waals surface area contributed by atoms with Crippen LogP contribution in [0.25, 0.3) is 0 Å². The van der Waals surface area contributed by atoms with Crippen LogP contribution in [0.3, 0.4) is 0 Å². The van der Waals surface area contributed by atoms with Crippen LogP contribution in [0.1, 0.15) is 36.9 Å². The van der Waals surface area contributed by atoms with E-state index in [0.29, 0.717) is 28.9 Å². The molecule has 174 valence electrons. The van der Waals surface area contributed by atoms with E-state index in [9.17, 15) is 9.59 Å². The second-order valence-electron chi connectivity index (χ2n) is 7.95. The van der Waals surface area contributed by atoms with E-state index in [1.54, 1.807) is 24.1 Å². The van der Waals surface area contributed by atoms with Crippen LogP contribution >= 0.6 is 23.2 Å². The molecule has 2 aromatic rings. The van der Waals surface area contributed by atoms with Crippen LogP contribution in [0.15, 0.2) is 42.5 Å². The summed E-state index contributed by atoms with van der Waals surface area (Å²) in [6, 6.07) is 12.3. The molecule has 0 aliphatic rings. The van der Waals surface area contributed by atoms with Crippen molar-refractivity contribution in [2.75, 3.05) is 34.3 Å². The SMILES string of the molecule is COc1ccc(C(CC(=O)N(CCCN(C)C)Cc2ccc(Cl)c(Cl)c2)NC(C)=O)cc1. The zero-order valence-electron chi connectivity index (χ0n) is 19.0. The van der Waals surface area contributed by atoms with E-state index >= 15 is 0 Å². The van der Waals surface area contributed by atoms with Crippen molar-refractivity contribution < 1.29 is 14.3 Å². The van der Waals surface area contributed by atoms with E-state index < -0.39 is 6.04 Å². The lowest BCUT2D eigenvalue weighted by molar-refractivity contribution is -0.132. The van der Waals surface area contributed by atoms with Gasteiger partial charge >= 0.3 is 0 Å². The van der Waals surface area contributed by atoms with Gasteiger partial charge in [-0.15, -0.1) is 0 Å². The zero-order valence-corrected chi connectivity index (χ0v) is 20.5. The first-order valence-electron chi connectivity index (χ1n) is 10.5. The second kappa shape index (κ2) is 12.7. The molecule has 1 atom stereocenters. The highest BCUT2D eigenvalue weighted by Gasteiger charge is 2.22. The average molecular weight is 480 g/mol. The number of carbonyl (C=O) groups is 2. The van der Waals surface area contributed by atoms with Crippen LogP contribution in [-0.4, -0.2) is 55.9 Å². The van der Waals surface area contributed by atoms with Gasteiger partial charge in [-0.3, -0.25) is 9.59 Å². The standard InChI is InChI=1S/C24H31Cl2N3O3/c1-17(30)27-23(19-7-9-20(32-4)10-8-19)15-24(31)29(13-5-12-28(2)3)16-18-6-11-21(25)22(26)14-18/h6-11,14,23H,5,12-13,15-16H2,1-4H3,(H,27,30). The third kappa shape index (κ3) is 8.34. The van der Waals surface area contributed by atoms with Crippen LogP contribution in [-0.2, 0) is 16.1 Å². The largest absolute Gasteiger partial charge is 0.497 e. The molecule has 0 bridgehead atoms. The highest BCUT2D eigenvalue weighted by Crippen LogP contribution is 2.25. The molecule has 0 radical (unpaired) electrons. The van der Waals surface area contributed by atoms with E-state index in [1.807, 2.05) is 44.4 Å². The molecular formula is C24H31Cl2N3O3. The van der Waals surface area contributed by atoms with Gasteiger partial charge in [-0.1, -0.05) is 41.4 Å². The maximum atomic E-state index is 13.3. The fourth-order valence-electron chi connectivity index (χ4n) is 3.37. The van der Waals surface area contributed by atoms with Gasteiger partial charge in [0.15, 0.2) is 0 Å². The van der Waals surface area contributed by atoms with Crippen molar-refractivity contribution >= 4 is 35.0 Å². The van der Waals surface area contributed by atoms with E-state index in [-0.39, 0.29) is 18.2 Å². The molecule has 0 aliphatic carbocycles. The lowest BCUT2D eigenvalue weighted by atomic mass is 10.0. The molecule has 32 heavy (non-hydrogen) atoms. The molecule has 0 aliphatic heterocycles. The molecule has 0 fully saturated rings. The Labute approximate surface area is 200 Å². The highest BCUT2D eigenvalue weighted by atomic mass is 35.5. The summed E-state index contributed by atoms with van der Waals surface area (Å²) in [6.45, 7) is 3.32. The first-order chi connectivity index (χ1) is 15.2. The van der Waals surface area contributed by atoms with E-state index in [0.717, 1.165) is 24.1 Å². The number of nitrogens with zero attached hydrogens (tertiary/aromatic N) is 2. The predicted molar refractivity (Wildman–Crippen MR) is 129 cm³/mol. The molecule has 8 heteroatoms. The molecule has 0 heterocycles. The lowest BCUT2D eigenvalue weighted by Crippen LogP contribution is -2.37. The number of nitrogens with one attached hydrogen (secondary N) is 1. The number of rotatable bonds is 11. The molecule has 2 rings (SSSR count). The number of hydrogen-bond donors (Lipinski definition) is 1. The molecular weight excluding hydrogens is 449 g/mol. The molecule has 2 amide bonds. The number of hydrogen-bond acceptors (Lipinski definition) is 4. The van der Waals surface area contributed by atoms with Gasteiger partial charge in [0.25, 0.3) is 0 Å². The normalized spacial score (nSPS) is 11.8. The summed E-state index contributed by atoms with van der Waals surface area (Å²) in [5.41, 5.74) is 1.75. The number of amides is 2. The van der Waals surface area contributed by atoms with E-state index in [4.69, 9.17) is 27.9 Å². The summed E-state index contributed by atoms with van der Waals surface area (Å²) in [4.78, 5) is 29.0. The van der Waals surface area contributed by atoms with Crippen molar-refractivity contribution in [3.63, 3.8) is 0 Å². The summed E-state index contributed by atoms with van der Waals surface area (Å²) in [7, 11) is 5.60. The minimum absolute atomic E-state index is 0.0515. The van der Waals surface area contributed by atoms with Crippen molar-refractivity contribution in [1.29, 1.82) is 0 Å². The van der Waals surface area contributed by atoms with Crippen molar-refractivity contribution in [1.82, 2.24) is 15.1 Å². The van der Waals surface area contributed by atoms with E-state index in [2.05, 4.69) is 10.2 Å². The number of carbonyl (C=O) groups excluding carboxylic acids is 2. The molecule has 0 saturated heterocycles. The molecule has 2 aromatic carbocycles. The fourth-order valence-corrected chi connectivity index (χ4v) is 3.69. The van der Waals surface area contributed by atoms with Crippen LogP contribution in [0.2, 0.25) is 10.0 Å². The van der Waals surface area contributed by atoms with E-state index in [1.165, 1.54) is 6.92 Å². The van der Waals surface area contributed by atoms with Crippen LogP contribution < -0.4 is 10.1 Å². The van der Waals surface area contributed by atoms with Crippen molar-refractivity contribution in [2.45, 2.75) is 32.4 Å². The summed E-state index contributed by atoms with van der Waals surface area (Å²) in [5.74, 6) is 0.471. The minimum atomic E-state index is -0.434. The van der Waals surface area contributed by atoms with Gasteiger partial charge < -0.3 is 19.9 Å². The first-order valence-corrected chi connectivity index (χ1v) is 11.2. The Kier molecular flexibility index (Phi) is 10.3. The smallest absolute Gasteiger partial charge is 0.225 e. The summed E-state index contributed by atoms with van der Waals surface area (Å²) in [6.07, 6.45) is 0.975. The zero-order chi connectivity index (χ0) is 23.7. The van der Waals surface area contributed by atoms with Crippen LogP contribution in [0.5, 0.6) is 5.75 Å². The monoisotopic (exact) mass is 479 g/mol. The van der Waals surface area contributed by atoms with Crippen molar-refractivity contribution in [3.05, 3.63) is 63.6 Å². The van der Waals surface area contributed by atoms with Gasteiger partial charge in [0.2, 0.25) is 11.8 Å². The Hall–Kier alpha value is -2.28. The molecule has 0 aromatic heterocycles. The number of methoxy groups -OCH3 is 1. The molecule has 6 nitrogen and oxygen atoms in total. The number of benzene rings is 2. The van der Waals surface area contributed by atoms with Gasteiger partial charge in [-0.2, -0.15) is 0 Å².